The van der Waals surface area contributed by atoms with Crippen LogP contribution in [-0.2, 0) is 16.9 Å². The molecular formula is C15H14N6OS2. The molecule has 122 valence electrons. The van der Waals surface area contributed by atoms with Crippen molar-refractivity contribution >= 4 is 39.4 Å². The summed E-state index contributed by atoms with van der Waals surface area (Å²) in [6.45, 7) is 1.78. The fourth-order valence-electron chi connectivity index (χ4n) is 2.83. The van der Waals surface area contributed by atoms with Crippen LogP contribution in [0.2, 0.25) is 0 Å². The van der Waals surface area contributed by atoms with E-state index in [0.717, 1.165) is 37.0 Å². The van der Waals surface area contributed by atoms with Crippen LogP contribution in [0, 0.1) is 11.3 Å². The third-order valence-electron chi connectivity index (χ3n) is 4.01. The zero-order valence-corrected chi connectivity index (χ0v) is 14.4. The van der Waals surface area contributed by atoms with Crippen molar-refractivity contribution in [2.45, 2.75) is 23.8 Å². The van der Waals surface area contributed by atoms with Crippen LogP contribution in [0.4, 0.5) is 5.82 Å². The SMILES string of the molecule is N#Cc1c(C[S+]([O-])c2nc3cscc3[nH]2)ncnc1N1CCCC1. The lowest BCUT2D eigenvalue weighted by Crippen LogP contribution is -2.22. The van der Waals surface area contributed by atoms with Crippen molar-refractivity contribution in [3.63, 3.8) is 0 Å². The van der Waals surface area contributed by atoms with Gasteiger partial charge in [0.25, 0.3) is 0 Å². The molecule has 7 nitrogen and oxygen atoms in total. The number of rotatable bonds is 4. The molecule has 1 aliphatic heterocycles. The molecule has 1 atom stereocenters. The zero-order valence-electron chi connectivity index (χ0n) is 12.7. The second-order valence-corrected chi connectivity index (χ2v) is 7.64. The third-order valence-corrected chi connectivity index (χ3v) is 5.90. The second kappa shape index (κ2) is 6.39. The molecule has 0 radical (unpaired) electrons. The fraction of sp³-hybridized carbons (Fsp3) is 0.333. The monoisotopic (exact) mass is 358 g/mol. The molecule has 0 aliphatic carbocycles. The molecule has 0 bridgehead atoms. The quantitative estimate of drug-likeness (QED) is 0.717. The number of thiophene rings is 1. The molecule has 0 spiro atoms. The Balaban J connectivity index is 1.62. The molecule has 1 N–H and O–H groups in total. The Kier molecular flexibility index (Phi) is 4.10. The Bertz CT molecular complexity index is 880. The first kappa shape index (κ1) is 15.4. The van der Waals surface area contributed by atoms with Gasteiger partial charge in [-0.25, -0.2) is 9.97 Å². The van der Waals surface area contributed by atoms with Crippen molar-refractivity contribution < 1.29 is 4.55 Å². The summed E-state index contributed by atoms with van der Waals surface area (Å²) in [4.78, 5) is 18.0. The summed E-state index contributed by atoms with van der Waals surface area (Å²) >= 11 is 0.155. The molecule has 24 heavy (non-hydrogen) atoms. The molecule has 3 aromatic heterocycles. The van der Waals surface area contributed by atoms with Gasteiger partial charge < -0.3 is 9.45 Å². The van der Waals surface area contributed by atoms with E-state index >= 15 is 0 Å². The number of nitrogens with one attached hydrogen (secondary N) is 1. The van der Waals surface area contributed by atoms with Crippen LogP contribution in [0.1, 0.15) is 24.1 Å². The lowest BCUT2D eigenvalue weighted by Gasteiger charge is -2.18. The van der Waals surface area contributed by atoms with E-state index in [1.165, 1.54) is 6.33 Å². The molecule has 3 aromatic rings. The maximum Gasteiger partial charge on any atom is 0.322 e. The molecule has 4 rings (SSSR count). The largest absolute Gasteiger partial charge is 0.609 e. The minimum atomic E-state index is -1.39. The van der Waals surface area contributed by atoms with Crippen LogP contribution in [0.25, 0.3) is 11.0 Å². The number of hydrogen-bond donors (Lipinski definition) is 1. The molecular weight excluding hydrogens is 344 g/mol. The Morgan fingerprint density at radius 3 is 2.92 bits per heavy atom. The average molecular weight is 358 g/mol. The van der Waals surface area contributed by atoms with E-state index < -0.39 is 11.2 Å². The first-order valence-electron chi connectivity index (χ1n) is 7.55. The Morgan fingerprint density at radius 2 is 2.17 bits per heavy atom. The number of nitrogens with zero attached hydrogens (tertiary/aromatic N) is 5. The van der Waals surface area contributed by atoms with Crippen LogP contribution in [0.15, 0.2) is 22.2 Å². The number of aromatic nitrogens is 4. The molecule has 1 aliphatic rings. The standard InChI is InChI=1S/C15H14N6OS2/c16-5-10-13(17-9-18-14(10)21-3-1-2-4-21)8-24(22)15-19-11-6-23-7-12(11)20-15/h6-7,9H,1-4,8H2,(H,19,20). The summed E-state index contributed by atoms with van der Waals surface area (Å²) in [6.07, 6.45) is 3.64. The number of fused-ring (bicyclic) bond motifs is 1. The lowest BCUT2D eigenvalue weighted by molar-refractivity contribution is 0.586. The summed E-state index contributed by atoms with van der Waals surface area (Å²) in [6, 6.07) is 2.19. The van der Waals surface area contributed by atoms with Gasteiger partial charge in [0.05, 0.1) is 5.52 Å². The number of hydrogen-bond acceptors (Lipinski definition) is 7. The summed E-state index contributed by atoms with van der Waals surface area (Å²) < 4.78 is 12.6. The van der Waals surface area contributed by atoms with E-state index in [-0.39, 0.29) is 5.75 Å². The van der Waals surface area contributed by atoms with Crippen LogP contribution >= 0.6 is 11.3 Å². The topological polar surface area (TPSA) is 105 Å². The van der Waals surface area contributed by atoms with Crippen molar-refractivity contribution in [2.75, 3.05) is 18.0 Å². The first-order valence-corrected chi connectivity index (χ1v) is 9.81. The Labute approximate surface area is 145 Å². The maximum atomic E-state index is 12.6. The van der Waals surface area contributed by atoms with Gasteiger partial charge in [-0.2, -0.15) is 10.2 Å². The van der Waals surface area contributed by atoms with Crippen molar-refractivity contribution in [1.29, 1.82) is 5.26 Å². The molecule has 0 amide bonds. The van der Waals surface area contributed by atoms with Crippen molar-refractivity contribution in [2.24, 2.45) is 0 Å². The summed E-state index contributed by atoms with van der Waals surface area (Å²) in [7, 11) is 0. The predicted octanol–water partition coefficient (Wildman–Crippen LogP) is 2.19. The number of aromatic amines is 1. The van der Waals surface area contributed by atoms with Gasteiger partial charge in [-0.15, -0.1) is 11.3 Å². The smallest absolute Gasteiger partial charge is 0.322 e. The van der Waals surface area contributed by atoms with Crippen molar-refractivity contribution in [1.82, 2.24) is 19.9 Å². The van der Waals surface area contributed by atoms with Crippen molar-refractivity contribution in [3.8, 4) is 6.07 Å². The highest BCUT2D eigenvalue weighted by atomic mass is 32.2. The average Bonchev–Trinajstić information content (AvgIpc) is 3.31. The third kappa shape index (κ3) is 2.73. The Morgan fingerprint density at radius 1 is 1.33 bits per heavy atom. The minimum Gasteiger partial charge on any atom is -0.609 e. The molecule has 1 fully saturated rings. The van der Waals surface area contributed by atoms with Gasteiger partial charge in [-0.05, 0) is 12.8 Å². The number of anilines is 1. The maximum absolute atomic E-state index is 12.6. The van der Waals surface area contributed by atoms with Gasteiger partial charge in [-0.3, -0.25) is 4.98 Å². The van der Waals surface area contributed by atoms with E-state index in [1.807, 2.05) is 10.8 Å². The fourth-order valence-corrected chi connectivity index (χ4v) is 4.55. The molecule has 1 saturated heterocycles. The van der Waals surface area contributed by atoms with Gasteiger partial charge in [0.1, 0.15) is 35.0 Å². The van der Waals surface area contributed by atoms with Gasteiger partial charge >= 0.3 is 5.16 Å². The molecule has 9 heteroatoms. The summed E-state index contributed by atoms with van der Waals surface area (Å²) in [5.74, 6) is 0.795. The van der Waals surface area contributed by atoms with Gasteiger partial charge in [0.15, 0.2) is 5.75 Å². The molecule has 0 saturated carbocycles. The minimum absolute atomic E-state index is 0.145. The van der Waals surface area contributed by atoms with E-state index in [9.17, 15) is 9.81 Å². The highest BCUT2D eigenvalue weighted by Crippen LogP contribution is 2.26. The molecule has 4 heterocycles. The first-order chi connectivity index (χ1) is 11.8. The van der Waals surface area contributed by atoms with Crippen LogP contribution in [0.5, 0.6) is 0 Å². The van der Waals surface area contributed by atoms with E-state index in [4.69, 9.17) is 0 Å². The predicted molar refractivity (Wildman–Crippen MR) is 92.3 cm³/mol. The van der Waals surface area contributed by atoms with Gasteiger partial charge in [0, 0.05) is 35.0 Å². The second-order valence-electron chi connectivity index (χ2n) is 5.53. The number of H-pyrrole nitrogens is 1. The zero-order chi connectivity index (χ0) is 16.5. The van der Waals surface area contributed by atoms with Crippen molar-refractivity contribution in [3.05, 3.63) is 28.3 Å². The van der Waals surface area contributed by atoms with Gasteiger partial charge in [0.2, 0.25) is 0 Å². The Hall–Kier alpha value is -2.15. The van der Waals surface area contributed by atoms with E-state index in [2.05, 4.69) is 30.9 Å². The molecule has 0 aromatic carbocycles. The highest BCUT2D eigenvalue weighted by Gasteiger charge is 2.25. The van der Waals surface area contributed by atoms with Crippen LogP contribution in [-0.4, -0.2) is 37.6 Å². The van der Waals surface area contributed by atoms with Crippen LogP contribution < -0.4 is 4.90 Å². The van der Waals surface area contributed by atoms with E-state index in [1.54, 1.807) is 11.3 Å². The van der Waals surface area contributed by atoms with E-state index in [0.29, 0.717) is 22.2 Å². The number of imidazole rings is 1. The summed E-state index contributed by atoms with van der Waals surface area (Å²) in [5, 5.41) is 13.8. The highest BCUT2D eigenvalue weighted by molar-refractivity contribution is 7.90. The molecule has 1 unspecified atom stereocenters. The summed E-state index contributed by atoms with van der Waals surface area (Å²) in [5.41, 5.74) is 2.61. The number of nitriles is 1. The van der Waals surface area contributed by atoms with Crippen LogP contribution in [0.3, 0.4) is 0 Å². The normalized spacial score (nSPS) is 15.8. The lowest BCUT2D eigenvalue weighted by atomic mass is 10.2. The van der Waals surface area contributed by atoms with Gasteiger partial charge in [-0.1, -0.05) is 0 Å².